The summed E-state index contributed by atoms with van der Waals surface area (Å²) in [6.07, 6.45) is 1.71. The highest BCUT2D eigenvalue weighted by molar-refractivity contribution is 6.34. The number of hydrogen-bond donors (Lipinski definition) is 2. The number of anilines is 1. The van der Waals surface area contributed by atoms with Crippen molar-refractivity contribution in [2.24, 2.45) is 0 Å². The van der Waals surface area contributed by atoms with Crippen molar-refractivity contribution in [2.45, 2.75) is 18.9 Å². The van der Waals surface area contributed by atoms with Crippen molar-refractivity contribution in [3.8, 4) is 5.75 Å². The van der Waals surface area contributed by atoms with Gasteiger partial charge < -0.3 is 15.4 Å². The van der Waals surface area contributed by atoms with Crippen LogP contribution < -0.4 is 15.4 Å². The maximum atomic E-state index is 12.7. The molecule has 2 aromatic carbocycles. The minimum Gasteiger partial charge on any atom is -0.489 e. The van der Waals surface area contributed by atoms with E-state index in [4.69, 9.17) is 27.9 Å². The Labute approximate surface area is 165 Å². The van der Waals surface area contributed by atoms with E-state index in [2.05, 4.69) is 10.6 Å². The fraction of sp³-hybridized carbons (Fsp3) is 0.278. The number of carbonyl (C=O) groups excluding carboxylic acids is 1. The maximum absolute atomic E-state index is 12.7. The van der Waals surface area contributed by atoms with Gasteiger partial charge >= 0.3 is 0 Å². The van der Waals surface area contributed by atoms with E-state index in [1.807, 2.05) is 0 Å². The van der Waals surface area contributed by atoms with Crippen molar-refractivity contribution in [3.63, 3.8) is 0 Å². The predicted molar refractivity (Wildman–Crippen MR) is 104 cm³/mol. The molecular formula is C18H17Cl2N3O4. The van der Waals surface area contributed by atoms with Crippen LogP contribution in [0.2, 0.25) is 10.0 Å². The summed E-state index contributed by atoms with van der Waals surface area (Å²) in [6, 6.07) is 8.68. The highest BCUT2D eigenvalue weighted by atomic mass is 35.5. The van der Waals surface area contributed by atoms with E-state index < -0.39 is 10.8 Å². The van der Waals surface area contributed by atoms with Crippen LogP contribution in [0.3, 0.4) is 0 Å². The van der Waals surface area contributed by atoms with Gasteiger partial charge in [0, 0.05) is 17.2 Å². The van der Waals surface area contributed by atoms with E-state index in [0.717, 1.165) is 25.9 Å². The molecule has 0 unspecified atom stereocenters. The molecule has 3 rings (SSSR count). The van der Waals surface area contributed by atoms with Crippen LogP contribution in [0.1, 0.15) is 23.2 Å². The zero-order valence-electron chi connectivity index (χ0n) is 14.2. The molecule has 0 aromatic heterocycles. The van der Waals surface area contributed by atoms with Crippen molar-refractivity contribution < 1.29 is 14.5 Å². The van der Waals surface area contributed by atoms with Crippen LogP contribution in [0, 0.1) is 10.1 Å². The number of benzene rings is 2. The smallest absolute Gasteiger partial charge is 0.271 e. The zero-order chi connectivity index (χ0) is 19.4. The van der Waals surface area contributed by atoms with Crippen LogP contribution in [0.5, 0.6) is 5.75 Å². The number of piperidine rings is 1. The van der Waals surface area contributed by atoms with Gasteiger partial charge in [-0.05, 0) is 50.2 Å². The van der Waals surface area contributed by atoms with Gasteiger partial charge in [0.15, 0.2) is 0 Å². The summed E-state index contributed by atoms with van der Waals surface area (Å²) in [6.45, 7) is 1.72. The molecule has 0 bridgehead atoms. The molecule has 142 valence electrons. The molecule has 1 fully saturated rings. The Morgan fingerprint density at radius 3 is 2.59 bits per heavy atom. The monoisotopic (exact) mass is 409 g/mol. The number of nitrogens with zero attached hydrogens (tertiary/aromatic N) is 1. The van der Waals surface area contributed by atoms with E-state index in [1.54, 1.807) is 12.1 Å². The lowest BCUT2D eigenvalue weighted by Gasteiger charge is -2.25. The van der Waals surface area contributed by atoms with E-state index >= 15 is 0 Å². The number of nitrogens with one attached hydrogen (secondary N) is 2. The van der Waals surface area contributed by atoms with E-state index in [1.165, 1.54) is 24.3 Å². The SMILES string of the molecule is O=C(Nc1ccc([N+](=O)[O-])cc1Cl)c1cc(Cl)ccc1OC1CCNCC1. The molecule has 0 aliphatic carbocycles. The molecule has 1 saturated heterocycles. The van der Waals surface area contributed by atoms with Crippen LogP contribution >= 0.6 is 23.2 Å². The average molecular weight is 410 g/mol. The highest BCUT2D eigenvalue weighted by Crippen LogP contribution is 2.30. The molecule has 7 nitrogen and oxygen atoms in total. The molecule has 1 aliphatic rings. The first-order chi connectivity index (χ1) is 12.9. The average Bonchev–Trinajstić information content (AvgIpc) is 2.65. The van der Waals surface area contributed by atoms with Crippen molar-refractivity contribution >= 4 is 40.5 Å². The third kappa shape index (κ3) is 4.88. The first-order valence-corrected chi connectivity index (χ1v) is 9.12. The van der Waals surface area contributed by atoms with Crippen LogP contribution in [-0.2, 0) is 0 Å². The number of halogens is 2. The van der Waals surface area contributed by atoms with Crippen molar-refractivity contribution in [1.82, 2.24) is 5.32 Å². The summed E-state index contributed by atoms with van der Waals surface area (Å²) in [5.41, 5.74) is 0.381. The number of non-ortho nitro benzene ring substituents is 1. The molecule has 1 amide bonds. The molecule has 2 aromatic rings. The van der Waals surface area contributed by atoms with Gasteiger partial charge in [-0.2, -0.15) is 0 Å². The fourth-order valence-electron chi connectivity index (χ4n) is 2.78. The second kappa shape index (κ2) is 8.56. The van der Waals surface area contributed by atoms with Gasteiger partial charge in [0.25, 0.3) is 11.6 Å². The molecule has 1 heterocycles. The quantitative estimate of drug-likeness (QED) is 0.567. The zero-order valence-corrected chi connectivity index (χ0v) is 15.7. The number of hydrogen-bond acceptors (Lipinski definition) is 5. The Morgan fingerprint density at radius 1 is 1.19 bits per heavy atom. The Bertz CT molecular complexity index is 870. The van der Waals surface area contributed by atoms with E-state index in [-0.39, 0.29) is 28.1 Å². The van der Waals surface area contributed by atoms with Crippen molar-refractivity contribution in [2.75, 3.05) is 18.4 Å². The van der Waals surface area contributed by atoms with Gasteiger partial charge in [-0.1, -0.05) is 23.2 Å². The lowest BCUT2D eigenvalue weighted by Crippen LogP contribution is -2.34. The first kappa shape index (κ1) is 19.4. The lowest BCUT2D eigenvalue weighted by atomic mass is 10.1. The Balaban J connectivity index is 1.81. The summed E-state index contributed by atoms with van der Waals surface area (Å²) in [5.74, 6) is -0.0287. The van der Waals surface area contributed by atoms with Crippen LogP contribution in [0.25, 0.3) is 0 Å². The van der Waals surface area contributed by atoms with Gasteiger partial charge in [0.2, 0.25) is 0 Å². The Hall–Kier alpha value is -2.35. The van der Waals surface area contributed by atoms with Gasteiger partial charge in [-0.3, -0.25) is 14.9 Å². The molecule has 0 atom stereocenters. The fourth-order valence-corrected chi connectivity index (χ4v) is 3.18. The van der Waals surface area contributed by atoms with Gasteiger partial charge in [0.1, 0.15) is 11.9 Å². The number of ether oxygens (including phenoxy) is 1. The first-order valence-electron chi connectivity index (χ1n) is 8.36. The van der Waals surface area contributed by atoms with Crippen molar-refractivity contribution in [1.29, 1.82) is 0 Å². The molecule has 0 saturated carbocycles. The summed E-state index contributed by atoms with van der Waals surface area (Å²) in [5, 5.41) is 17.2. The molecule has 27 heavy (non-hydrogen) atoms. The lowest BCUT2D eigenvalue weighted by molar-refractivity contribution is -0.384. The minimum atomic E-state index is -0.556. The van der Waals surface area contributed by atoms with E-state index in [9.17, 15) is 14.9 Å². The summed E-state index contributed by atoms with van der Waals surface area (Å²) >= 11 is 12.1. The third-order valence-corrected chi connectivity index (χ3v) is 4.73. The highest BCUT2D eigenvalue weighted by Gasteiger charge is 2.20. The largest absolute Gasteiger partial charge is 0.489 e. The van der Waals surface area contributed by atoms with Crippen LogP contribution in [0.15, 0.2) is 36.4 Å². The van der Waals surface area contributed by atoms with E-state index in [0.29, 0.717) is 10.8 Å². The molecular weight excluding hydrogens is 393 g/mol. The normalized spacial score (nSPS) is 14.6. The van der Waals surface area contributed by atoms with Crippen LogP contribution in [-0.4, -0.2) is 30.0 Å². The minimum absolute atomic E-state index is 0.0157. The third-order valence-electron chi connectivity index (χ3n) is 4.18. The number of amides is 1. The Morgan fingerprint density at radius 2 is 1.93 bits per heavy atom. The predicted octanol–water partition coefficient (Wildman–Crippen LogP) is 4.28. The van der Waals surface area contributed by atoms with Crippen LogP contribution in [0.4, 0.5) is 11.4 Å². The van der Waals surface area contributed by atoms with Gasteiger partial charge in [0.05, 0.1) is 21.2 Å². The molecule has 9 heteroatoms. The molecule has 0 radical (unpaired) electrons. The summed E-state index contributed by atoms with van der Waals surface area (Å²) in [4.78, 5) is 23.0. The van der Waals surface area contributed by atoms with Crippen molar-refractivity contribution in [3.05, 3.63) is 62.1 Å². The standard InChI is InChI=1S/C18H17Cl2N3O4/c19-11-1-4-17(27-13-5-7-21-8-6-13)14(9-11)18(24)22-16-3-2-12(23(25)26)10-15(16)20/h1-4,9-10,13,21H,5-8H2,(H,22,24). The molecule has 1 aliphatic heterocycles. The number of carbonyl (C=O) groups is 1. The summed E-state index contributed by atoms with van der Waals surface area (Å²) < 4.78 is 6.00. The molecule has 0 spiro atoms. The second-order valence-electron chi connectivity index (χ2n) is 6.08. The second-order valence-corrected chi connectivity index (χ2v) is 6.93. The van der Waals surface area contributed by atoms with Gasteiger partial charge in [-0.25, -0.2) is 0 Å². The molecule has 2 N–H and O–H groups in total. The topological polar surface area (TPSA) is 93.5 Å². The maximum Gasteiger partial charge on any atom is 0.271 e. The summed E-state index contributed by atoms with van der Waals surface area (Å²) in [7, 11) is 0. The Kier molecular flexibility index (Phi) is 6.15. The van der Waals surface area contributed by atoms with Gasteiger partial charge in [-0.15, -0.1) is 0 Å². The number of nitro benzene ring substituents is 1. The number of rotatable bonds is 5. The number of nitro groups is 1.